The largest absolute Gasteiger partial charge is 0.471 e. The quantitative estimate of drug-likeness (QED) is 0.467. The molecular weight excluding hydrogens is 477 g/mol. The molecule has 3 atom stereocenters. The second-order valence-corrected chi connectivity index (χ2v) is 10.0. The van der Waals surface area contributed by atoms with Gasteiger partial charge in [-0.15, -0.1) is 6.58 Å². The van der Waals surface area contributed by atoms with Crippen LogP contribution < -0.4 is 16.0 Å². The number of carbonyl (C=O) groups is 4. The Morgan fingerprint density at radius 2 is 1.69 bits per heavy atom. The highest BCUT2D eigenvalue weighted by Crippen LogP contribution is 2.24. The molecule has 4 amide bonds. The minimum atomic E-state index is -5.18. The maximum atomic E-state index is 13.5. The molecule has 1 aliphatic heterocycles. The predicted molar refractivity (Wildman–Crippen MR) is 129 cm³/mol. The van der Waals surface area contributed by atoms with Crippen LogP contribution >= 0.6 is 0 Å². The lowest BCUT2D eigenvalue weighted by Gasteiger charge is -2.33. The predicted octanol–water partition coefficient (Wildman–Crippen LogP) is 3.16. The molecule has 1 saturated heterocycles. The van der Waals surface area contributed by atoms with Gasteiger partial charge in [0, 0.05) is 12.2 Å². The molecule has 0 saturated carbocycles. The summed E-state index contributed by atoms with van der Waals surface area (Å²) < 4.78 is 38.5. The molecule has 198 valence electrons. The number of rotatable bonds is 8. The summed E-state index contributed by atoms with van der Waals surface area (Å²) in [6, 6.07) is 5.23. The summed E-state index contributed by atoms with van der Waals surface area (Å²) in [5, 5.41) is 6.99. The number of nitrogens with one attached hydrogen (secondary N) is 3. The summed E-state index contributed by atoms with van der Waals surface area (Å²) in [4.78, 5) is 52.3. The molecular formula is C25H33F3N4O4. The molecule has 0 aliphatic carbocycles. The third-order valence-corrected chi connectivity index (χ3v) is 5.71. The van der Waals surface area contributed by atoms with Crippen molar-refractivity contribution in [3.8, 4) is 0 Å². The second kappa shape index (κ2) is 11.6. The number of likely N-dealkylation sites (tertiary alicyclic amines) is 1. The summed E-state index contributed by atoms with van der Waals surface area (Å²) in [6.07, 6.45) is -4.17. The van der Waals surface area contributed by atoms with Crippen LogP contribution in [0.25, 0.3) is 0 Å². The fourth-order valence-corrected chi connectivity index (χ4v) is 3.94. The van der Waals surface area contributed by atoms with E-state index in [2.05, 4.69) is 17.2 Å². The highest BCUT2D eigenvalue weighted by Gasteiger charge is 2.44. The van der Waals surface area contributed by atoms with E-state index in [1.165, 1.54) is 25.7 Å². The first-order valence-corrected chi connectivity index (χ1v) is 11.6. The number of halogens is 3. The van der Waals surface area contributed by atoms with Crippen molar-refractivity contribution in [1.29, 1.82) is 0 Å². The number of hydrogen-bond acceptors (Lipinski definition) is 4. The average molecular weight is 511 g/mol. The lowest BCUT2D eigenvalue weighted by molar-refractivity contribution is -0.175. The third kappa shape index (κ3) is 7.82. The highest BCUT2D eigenvalue weighted by molar-refractivity contribution is 5.99. The first-order valence-electron chi connectivity index (χ1n) is 11.6. The molecule has 8 nitrogen and oxygen atoms in total. The summed E-state index contributed by atoms with van der Waals surface area (Å²) in [5.41, 5.74) is 0.0277. The number of alkyl halides is 3. The van der Waals surface area contributed by atoms with Crippen molar-refractivity contribution >= 4 is 29.3 Å². The molecule has 11 heteroatoms. The van der Waals surface area contributed by atoms with Gasteiger partial charge in [0.2, 0.25) is 17.7 Å². The van der Waals surface area contributed by atoms with Gasteiger partial charge in [-0.05, 0) is 43.7 Å². The fraction of sp³-hybridized carbons (Fsp3) is 0.520. The van der Waals surface area contributed by atoms with Crippen LogP contribution in [-0.2, 0) is 19.2 Å². The van der Waals surface area contributed by atoms with E-state index in [1.54, 1.807) is 42.6 Å². The number of amides is 4. The standard InChI is InChI=1S/C25H33F3N4O4/c1-15(2)14-17(30-21(34)19(24(3,4)5)31-23(36)25(26,27)28)22(35)32-13-9-12-18(32)20(33)29-16-10-7-6-8-11-16/h6-8,10-11,17-19H,1,9,12-14H2,2-5H3,(H,29,33)(H,30,34)(H,31,36)/t17-,18+,19-/m1/s1. The summed E-state index contributed by atoms with van der Waals surface area (Å²) >= 11 is 0. The SMILES string of the molecule is C=C(C)C[C@@H](NC(=O)[C@@H](NC(=O)C(F)(F)F)C(C)(C)C)C(=O)N1CCC[C@H]1C(=O)Nc1ccccc1. The van der Waals surface area contributed by atoms with Crippen molar-refractivity contribution in [2.45, 2.75) is 71.3 Å². The van der Waals surface area contributed by atoms with Crippen molar-refractivity contribution in [2.75, 3.05) is 11.9 Å². The Kier molecular flexibility index (Phi) is 9.28. The van der Waals surface area contributed by atoms with Crippen molar-refractivity contribution in [1.82, 2.24) is 15.5 Å². The van der Waals surface area contributed by atoms with Gasteiger partial charge in [-0.2, -0.15) is 13.2 Å². The fourth-order valence-electron chi connectivity index (χ4n) is 3.94. The van der Waals surface area contributed by atoms with Crippen LogP contribution in [0.5, 0.6) is 0 Å². The summed E-state index contributed by atoms with van der Waals surface area (Å²) in [7, 11) is 0. The molecule has 1 aromatic carbocycles. The third-order valence-electron chi connectivity index (χ3n) is 5.71. The van der Waals surface area contributed by atoms with Gasteiger partial charge >= 0.3 is 12.1 Å². The molecule has 1 heterocycles. The van der Waals surface area contributed by atoms with Crippen molar-refractivity contribution in [3.63, 3.8) is 0 Å². The molecule has 3 N–H and O–H groups in total. The van der Waals surface area contributed by atoms with E-state index in [4.69, 9.17) is 0 Å². The van der Waals surface area contributed by atoms with E-state index in [9.17, 15) is 32.3 Å². The monoisotopic (exact) mass is 510 g/mol. The maximum absolute atomic E-state index is 13.5. The zero-order chi connectivity index (χ0) is 27.3. The number of benzene rings is 1. The van der Waals surface area contributed by atoms with Crippen LogP contribution in [0.15, 0.2) is 42.5 Å². The first kappa shape index (κ1) is 28.9. The van der Waals surface area contributed by atoms with Crippen LogP contribution in [0.2, 0.25) is 0 Å². The number of hydrogen-bond donors (Lipinski definition) is 3. The van der Waals surface area contributed by atoms with E-state index >= 15 is 0 Å². The lowest BCUT2D eigenvalue weighted by atomic mass is 9.85. The van der Waals surface area contributed by atoms with Gasteiger partial charge in [-0.1, -0.05) is 44.5 Å². The lowest BCUT2D eigenvalue weighted by Crippen LogP contribution is -2.60. The van der Waals surface area contributed by atoms with Gasteiger partial charge in [0.1, 0.15) is 18.1 Å². The van der Waals surface area contributed by atoms with Crippen LogP contribution in [0.3, 0.4) is 0 Å². The second-order valence-electron chi connectivity index (χ2n) is 10.0. The molecule has 1 aliphatic rings. The topological polar surface area (TPSA) is 108 Å². The first-order chi connectivity index (χ1) is 16.6. The molecule has 36 heavy (non-hydrogen) atoms. The molecule has 0 radical (unpaired) electrons. The molecule has 2 rings (SSSR count). The van der Waals surface area contributed by atoms with Gasteiger partial charge < -0.3 is 20.9 Å². The van der Waals surface area contributed by atoms with Crippen molar-refractivity contribution in [2.24, 2.45) is 5.41 Å². The number of para-hydroxylation sites is 1. The Hall–Kier alpha value is -3.37. The average Bonchev–Trinajstić information content (AvgIpc) is 3.25. The van der Waals surface area contributed by atoms with Gasteiger partial charge in [0.25, 0.3) is 0 Å². The van der Waals surface area contributed by atoms with Gasteiger partial charge in [0.15, 0.2) is 0 Å². The zero-order valence-corrected chi connectivity index (χ0v) is 20.9. The van der Waals surface area contributed by atoms with Crippen molar-refractivity contribution < 1.29 is 32.3 Å². The summed E-state index contributed by atoms with van der Waals surface area (Å²) in [5.74, 6) is -4.12. The normalized spacial score (nSPS) is 17.6. The molecule has 0 spiro atoms. The van der Waals surface area contributed by atoms with E-state index in [0.717, 1.165) is 0 Å². The van der Waals surface area contributed by atoms with E-state index in [0.29, 0.717) is 24.1 Å². The Bertz CT molecular complexity index is 989. The molecule has 1 aromatic rings. The smallest absolute Gasteiger partial charge is 0.342 e. The van der Waals surface area contributed by atoms with E-state index < -0.39 is 47.4 Å². The molecule has 0 unspecified atom stereocenters. The van der Waals surface area contributed by atoms with Crippen LogP contribution in [-0.4, -0.2) is 59.4 Å². The molecule has 0 aromatic heterocycles. The van der Waals surface area contributed by atoms with Crippen LogP contribution in [0.4, 0.5) is 18.9 Å². The van der Waals surface area contributed by atoms with Gasteiger partial charge in [-0.3, -0.25) is 19.2 Å². The Balaban J connectivity index is 2.22. The van der Waals surface area contributed by atoms with Gasteiger partial charge in [0.05, 0.1) is 0 Å². The van der Waals surface area contributed by atoms with Crippen LogP contribution in [0.1, 0.15) is 47.0 Å². The number of anilines is 1. The van der Waals surface area contributed by atoms with Crippen molar-refractivity contribution in [3.05, 3.63) is 42.5 Å². The van der Waals surface area contributed by atoms with E-state index in [1.807, 2.05) is 0 Å². The van der Waals surface area contributed by atoms with Gasteiger partial charge in [-0.25, -0.2) is 0 Å². The Morgan fingerprint density at radius 1 is 1.08 bits per heavy atom. The minimum Gasteiger partial charge on any atom is -0.342 e. The number of carbonyl (C=O) groups excluding carboxylic acids is 4. The number of nitrogens with zero attached hydrogens (tertiary/aromatic N) is 1. The molecule has 0 bridgehead atoms. The van der Waals surface area contributed by atoms with E-state index in [-0.39, 0.29) is 18.9 Å². The Morgan fingerprint density at radius 3 is 2.22 bits per heavy atom. The highest BCUT2D eigenvalue weighted by atomic mass is 19.4. The minimum absolute atomic E-state index is 0.0121. The van der Waals surface area contributed by atoms with Crippen LogP contribution in [0, 0.1) is 5.41 Å². The summed E-state index contributed by atoms with van der Waals surface area (Å²) in [6.45, 7) is 10.2. The Labute approximate surface area is 208 Å². The molecule has 1 fully saturated rings. The maximum Gasteiger partial charge on any atom is 0.471 e. The zero-order valence-electron chi connectivity index (χ0n) is 20.9.